The van der Waals surface area contributed by atoms with Crippen LogP contribution in [-0.2, 0) is 4.74 Å². The van der Waals surface area contributed by atoms with Crippen LogP contribution in [0.2, 0.25) is 0 Å². The van der Waals surface area contributed by atoms with Crippen molar-refractivity contribution >= 4 is 17.5 Å². The molecule has 0 amide bonds. The lowest BCUT2D eigenvalue weighted by atomic mass is 10.0. The number of hydrogen-bond donors (Lipinski definition) is 1. The van der Waals surface area contributed by atoms with Crippen molar-refractivity contribution in [3.8, 4) is 11.5 Å². The number of aryl methyl sites for hydroxylation is 1. The molecule has 0 aliphatic rings. The largest absolute Gasteiger partial charge is 0.493 e. The Morgan fingerprint density at radius 2 is 1.90 bits per heavy atom. The molecule has 1 atom stereocenters. The zero-order valence-electron chi connectivity index (χ0n) is 17.3. The van der Waals surface area contributed by atoms with Crippen LogP contribution in [0, 0.1) is 13.8 Å². The third-order valence-corrected chi connectivity index (χ3v) is 4.45. The van der Waals surface area contributed by atoms with Gasteiger partial charge in [-0.1, -0.05) is 12.7 Å². The first-order valence-corrected chi connectivity index (χ1v) is 9.08. The molecular weight excluding hydrogens is 374 g/mol. The van der Waals surface area contributed by atoms with Gasteiger partial charge in [-0.25, -0.2) is 4.79 Å². The average Bonchev–Trinajstić information content (AvgIpc) is 2.99. The molecule has 29 heavy (non-hydrogen) atoms. The molecule has 0 fully saturated rings. The smallest absolute Gasteiger partial charge is 0.338 e. The molecule has 7 heteroatoms. The quantitative estimate of drug-likeness (QED) is 0.391. The molecule has 1 aromatic carbocycles. The monoisotopic (exact) mass is 399 g/mol. The van der Waals surface area contributed by atoms with E-state index in [0.29, 0.717) is 34.9 Å². The van der Waals surface area contributed by atoms with Gasteiger partial charge in [0.1, 0.15) is 6.61 Å². The van der Waals surface area contributed by atoms with Gasteiger partial charge in [-0.15, -0.1) is 0 Å². The Morgan fingerprint density at radius 1 is 1.21 bits per heavy atom. The Hall–Kier alpha value is -3.35. The molecule has 2 rings (SSSR count). The van der Waals surface area contributed by atoms with E-state index in [9.17, 15) is 14.4 Å². The molecule has 2 aromatic rings. The van der Waals surface area contributed by atoms with Gasteiger partial charge in [-0.2, -0.15) is 0 Å². The zero-order valence-corrected chi connectivity index (χ0v) is 17.3. The summed E-state index contributed by atoms with van der Waals surface area (Å²) in [6, 6.07) is 4.59. The molecule has 0 saturated heterocycles. The van der Waals surface area contributed by atoms with E-state index in [0.717, 1.165) is 0 Å². The van der Waals surface area contributed by atoms with E-state index in [1.165, 1.54) is 33.1 Å². The van der Waals surface area contributed by atoms with Crippen molar-refractivity contribution in [2.24, 2.45) is 0 Å². The highest BCUT2D eigenvalue weighted by Crippen LogP contribution is 2.28. The van der Waals surface area contributed by atoms with Crippen LogP contribution in [0.15, 0.2) is 30.9 Å². The molecule has 7 nitrogen and oxygen atoms in total. The third kappa shape index (κ3) is 4.74. The summed E-state index contributed by atoms with van der Waals surface area (Å²) in [5, 5.41) is 0. The van der Waals surface area contributed by atoms with E-state index in [-0.39, 0.29) is 17.0 Å². The van der Waals surface area contributed by atoms with E-state index in [4.69, 9.17) is 14.2 Å². The Morgan fingerprint density at radius 3 is 2.45 bits per heavy atom. The summed E-state index contributed by atoms with van der Waals surface area (Å²) < 4.78 is 16.0. The first-order chi connectivity index (χ1) is 13.7. The van der Waals surface area contributed by atoms with Crippen molar-refractivity contribution in [2.45, 2.75) is 33.8 Å². The molecule has 0 radical (unpaired) electrons. The summed E-state index contributed by atoms with van der Waals surface area (Å²) >= 11 is 0. The molecule has 1 aromatic heterocycles. The van der Waals surface area contributed by atoms with Gasteiger partial charge in [-0.3, -0.25) is 9.59 Å². The number of ketones is 2. The molecule has 1 heterocycles. The SMILES string of the molecule is C=CCOc1ccc(C(=O)O[C@@H](C)C(=O)c2[nH]c(C)c(C(C)=O)c2C)cc1OC. The van der Waals surface area contributed by atoms with E-state index in [1.807, 2.05) is 0 Å². The van der Waals surface area contributed by atoms with Crippen LogP contribution in [0.4, 0.5) is 0 Å². The molecule has 0 unspecified atom stereocenters. The number of methoxy groups -OCH3 is 1. The van der Waals surface area contributed by atoms with Gasteiger partial charge in [0.25, 0.3) is 0 Å². The summed E-state index contributed by atoms with van der Waals surface area (Å²) in [5.74, 6) is -0.396. The number of aromatic nitrogens is 1. The number of hydrogen-bond acceptors (Lipinski definition) is 6. The number of Topliss-reactive ketones (excluding diaryl/α,β-unsaturated/α-hetero) is 2. The molecule has 0 saturated carbocycles. The Bertz CT molecular complexity index is 956. The van der Waals surface area contributed by atoms with Crippen molar-refractivity contribution in [2.75, 3.05) is 13.7 Å². The first kappa shape index (κ1) is 21.9. The normalized spacial score (nSPS) is 11.5. The van der Waals surface area contributed by atoms with E-state index < -0.39 is 17.9 Å². The molecule has 0 spiro atoms. The summed E-state index contributed by atoms with van der Waals surface area (Å²) in [6.45, 7) is 10.2. The van der Waals surface area contributed by atoms with Crippen LogP contribution in [0.1, 0.15) is 56.3 Å². The van der Waals surface area contributed by atoms with E-state index in [2.05, 4.69) is 11.6 Å². The molecule has 0 aliphatic carbocycles. The molecule has 0 aliphatic heterocycles. The van der Waals surface area contributed by atoms with Crippen LogP contribution < -0.4 is 9.47 Å². The maximum absolute atomic E-state index is 12.7. The zero-order chi connectivity index (χ0) is 21.7. The number of nitrogens with one attached hydrogen (secondary N) is 1. The van der Waals surface area contributed by atoms with Gasteiger partial charge in [0.15, 0.2) is 23.4 Å². The fraction of sp³-hybridized carbons (Fsp3) is 0.318. The van der Waals surface area contributed by atoms with Crippen LogP contribution in [0.3, 0.4) is 0 Å². The molecule has 154 valence electrons. The van der Waals surface area contributed by atoms with Crippen molar-refractivity contribution in [1.29, 1.82) is 0 Å². The fourth-order valence-corrected chi connectivity index (χ4v) is 3.07. The highest BCUT2D eigenvalue weighted by atomic mass is 16.5. The number of carbonyl (C=O) groups is 3. The predicted octanol–water partition coefficient (Wildman–Crippen LogP) is 3.84. The number of carbonyl (C=O) groups excluding carboxylic acids is 3. The van der Waals surface area contributed by atoms with Gasteiger partial charge in [0.05, 0.1) is 18.4 Å². The van der Waals surface area contributed by atoms with Crippen LogP contribution in [0.25, 0.3) is 0 Å². The van der Waals surface area contributed by atoms with E-state index >= 15 is 0 Å². The standard InChI is InChI=1S/C22H25NO6/c1-7-10-28-17-9-8-16(11-18(17)27-6)22(26)29-15(5)21(25)20-12(2)19(14(4)24)13(3)23-20/h7-9,11,15,23H,1,10H2,2-6H3/t15-/m0/s1. The van der Waals surface area contributed by atoms with Gasteiger partial charge < -0.3 is 19.2 Å². The Balaban J connectivity index is 2.18. The highest BCUT2D eigenvalue weighted by Gasteiger charge is 2.26. The van der Waals surface area contributed by atoms with Gasteiger partial charge >= 0.3 is 5.97 Å². The number of H-pyrrole nitrogens is 1. The predicted molar refractivity (Wildman–Crippen MR) is 108 cm³/mol. The maximum Gasteiger partial charge on any atom is 0.338 e. The second kappa shape index (κ2) is 9.23. The Labute approximate surface area is 169 Å². The van der Waals surface area contributed by atoms with Crippen LogP contribution in [0.5, 0.6) is 11.5 Å². The number of ether oxygens (including phenoxy) is 3. The number of aromatic amines is 1. The number of benzene rings is 1. The van der Waals surface area contributed by atoms with Gasteiger partial charge in [0, 0.05) is 11.3 Å². The van der Waals surface area contributed by atoms with Crippen molar-refractivity contribution in [3.05, 3.63) is 58.9 Å². The second-order valence-electron chi connectivity index (χ2n) is 6.56. The minimum atomic E-state index is -1.04. The van der Waals surface area contributed by atoms with Crippen molar-refractivity contribution in [1.82, 2.24) is 4.98 Å². The molecule has 1 N–H and O–H groups in total. The fourth-order valence-electron chi connectivity index (χ4n) is 3.07. The third-order valence-electron chi connectivity index (χ3n) is 4.45. The lowest BCUT2D eigenvalue weighted by Gasteiger charge is -2.14. The summed E-state index contributed by atoms with van der Waals surface area (Å²) in [4.78, 5) is 39.9. The van der Waals surface area contributed by atoms with Crippen molar-refractivity contribution < 1.29 is 28.6 Å². The summed E-state index contributed by atoms with van der Waals surface area (Å²) in [5.41, 5.74) is 2.12. The average molecular weight is 399 g/mol. The van der Waals surface area contributed by atoms with Crippen LogP contribution >= 0.6 is 0 Å². The Kier molecular flexibility index (Phi) is 6.98. The first-order valence-electron chi connectivity index (χ1n) is 9.08. The lowest BCUT2D eigenvalue weighted by molar-refractivity contribution is 0.0316. The summed E-state index contributed by atoms with van der Waals surface area (Å²) in [6.07, 6.45) is 0.554. The lowest BCUT2D eigenvalue weighted by Crippen LogP contribution is -2.25. The highest BCUT2D eigenvalue weighted by molar-refractivity contribution is 6.05. The summed E-state index contributed by atoms with van der Waals surface area (Å²) in [7, 11) is 1.46. The number of rotatable bonds is 9. The second-order valence-corrected chi connectivity index (χ2v) is 6.56. The minimum absolute atomic E-state index is 0.134. The number of esters is 1. The minimum Gasteiger partial charge on any atom is -0.493 e. The van der Waals surface area contributed by atoms with Gasteiger partial charge in [0.2, 0.25) is 5.78 Å². The van der Waals surface area contributed by atoms with Gasteiger partial charge in [-0.05, 0) is 51.5 Å². The molecular formula is C22H25NO6. The molecule has 0 bridgehead atoms. The van der Waals surface area contributed by atoms with Crippen LogP contribution in [-0.4, -0.2) is 42.3 Å². The van der Waals surface area contributed by atoms with E-state index in [1.54, 1.807) is 26.0 Å². The maximum atomic E-state index is 12.7. The van der Waals surface area contributed by atoms with Crippen molar-refractivity contribution in [3.63, 3.8) is 0 Å². The topological polar surface area (TPSA) is 94.7 Å².